The van der Waals surface area contributed by atoms with Crippen molar-refractivity contribution in [2.75, 3.05) is 65.8 Å². The SMILES string of the molecule is Cc1c2oc3c(C)c(N)cc(C(=O)N[C@@H]4C(=O)N[C@@H](C(C)C)C(=O)N5CCC[C@H]5C(=O)N(C)CC(=O)N(C)[C@@H](C(C)C)C(=O)O[C@@H]4C)c3nc-2c(C(=O)N[C@@H]2C(=O)N[C@@H](C(C)C)C(=O)N3CCC[C@H]3C(=O)N(C)CC(=O)N(C)[C@@H](C(C)C)C(=O)O[C@@H]2C)c(N)c1=O. The second-order valence-corrected chi connectivity index (χ2v) is 25.8. The van der Waals surface area contributed by atoms with Gasteiger partial charge < -0.3 is 76.0 Å². The molecule has 1 aliphatic carbocycles. The number of esters is 2. The number of nitrogens with two attached hydrogens (primary N) is 2. The number of cyclic esters (lactones) is 2. The lowest BCUT2D eigenvalue weighted by molar-refractivity contribution is -0.163. The topological polar surface area (TPSA) is 386 Å². The molecule has 0 bridgehead atoms. The molecule has 496 valence electrons. The summed E-state index contributed by atoms with van der Waals surface area (Å²) < 4.78 is 18.3. The Balaban J connectivity index is 1.34. The van der Waals surface area contributed by atoms with Gasteiger partial charge in [-0.05, 0) is 83.1 Å². The van der Waals surface area contributed by atoms with E-state index in [2.05, 4.69) is 21.3 Å². The van der Waals surface area contributed by atoms with Gasteiger partial charge in [-0.3, -0.25) is 52.7 Å². The highest BCUT2D eigenvalue weighted by Crippen LogP contribution is 2.37. The highest BCUT2D eigenvalue weighted by molar-refractivity contribution is 6.11. The zero-order valence-corrected chi connectivity index (χ0v) is 54.6. The molecular weight excluding hydrogens is 1180 g/mol. The van der Waals surface area contributed by atoms with E-state index in [1.54, 1.807) is 55.4 Å². The molecule has 4 saturated heterocycles. The van der Waals surface area contributed by atoms with Crippen LogP contribution in [0.25, 0.3) is 22.6 Å². The van der Waals surface area contributed by atoms with E-state index in [4.69, 9.17) is 30.3 Å². The minimum Gasteiger partial charge on any atom is -0.458 e. The number of benzene rings is 2. The van der Waals surface area contributed by atoms with Crippen molar-refractivity contribution >= 4 is 93.5 Å². The third-order valence-corrected chi connectivity index (χ3v) is 17.7. The van der Waals surface area contributed by atoms with Crippen LogP contribution in [0.1, 0.15) is 127 Å². The van der Waals surface area contributed by atoms with Crippen LogP contribution < -0.4 is 38.2 Å². The molecule has 5 aliphatic heterocycles. The van der Waals surface area contributed by atoms with Crippen molar-refractivity contribution in [3.8, 4) is 11.5 Å². The van der Waals surface area contributed by atoms with Crippen molar-refractivity contribution in [2.24, 2.45) is 23.7 Å². The quantitative estimate of drug-likeness (QED) is 0.100. The van der Waals surface area contributed by atoms with Crippen LogP contribution in [0.3, 0.4) is 0 Å². The van der Waals surface area contributed by atoms with E-state index in [1.165, 1.54) is 81.6 Å². The van der Waals surface area contributed by atoms with Crippen molar-refractivity contribution in [3.05, 3.63) is 38.5 Å². The van der Waals surface area contributed by atoms with E-state index >= 15 is 9.59 Å². The minimum atomic E-state index is -1.90. The summed E-state index contributed by atoms with van der Waals surface area (Å²) in [7, 11) is 5.56. The van der Waals surface area contributed by atoms with E-state index in [1.807, 2.05) is 0 Å². The number of nitrogen functional groups attached to an aromatic ring is 2. The summed E-state index contributed by atoms with van der Waals surface area (Å²) in [4.78, 5) is 200. The number of nitrogens with one attached hydrogen (secondary N) is 4. The zero-order valence-electron chi connectivity index (χ0n) is 54.6. The zero-order chi connectivity index (χ0) is 67.8. The van der Waals surface area contributed by atoms with Gasteiger partial charge in [0.05, 0.1) is 29.9 Å². The van der Waals surface area contributed by atoms with Crippen LogP contribution in [0.2, 0.25) is 0 Å². The van der Waals surface area contributed by atoms with Crippen molar-refractivity contribution in [1.29, 1.82) is 0 Å². The normalized spacial score (nSPS) is 26.1. The number of rotatable bonds is 8. The first-order chi connectivity index (χ1) is 42.5. The molecule has 4 fully saturated rings. The summed E-state index contributed by atoms with van der Waals surface area (Å²) in [6.07, 6.45) is -1.74. The minimum absolute atomic E-state index is 0.0571. The van der Waals surface area contributed by atoms with Crippen molar-refractivity contribution in [2.45, 2.75) is 169 Å². The lowest BCUT2D eigenvalue weighted by Crippen LogP contribution is -2.61. The fourth-order valence-corrected chi connectivity index (χ4v) is 12.4. The van der Waals surface area contributed by atoms with Crippen LogP contribution in [0.5, 0.6) is 0 Å². The molecule has 8 N–H and O–H groups in total. The van der Waals surface area contributed by atoms with E-state index < -0.39 is 196 Å². The molecule has 0 aromatic heterocycles. The number of aryl methyl sites for hydroxylation is 1. The average Bonchev–Trinajstić information content (AvgIpc) is 1.33. The number of likely N-dealkylation sites (N-methyl/N-ethyl adjacent to an activating group) is 4. The number of carbonyl (C=O) groups is 12. The number of amides is 10. The fraction of sp³-hybridized carbons (Fsp3) is 0.613. The molecule has 1 aromatic rings. The molecular formula is C62H87N13O16. The Labute approximate surface area is 527 Å². The Kier molecular flexibility index (Phi) is 21.1. The van der Waals surface area contributed by atoms with Crippen LogP contribution in [0.4, 0.5) is 11.4 Å². The number of ether oxygens (including phenoxy) is 2. The lowest BCUT2D eigenvalue weighted by Gasteiger charge is -2.36. The molecule has 0 spiro atoms. The van der Waals surface area contributed by atoms with Crippen LogP contribution >= 0.6 is 0 Å². The van der Waals surface area contributed by atoms with Crippen molar-refractivity contribution in [3.63, 3.8) is 0 Å². The first-order valence-electron chi connectivity index (χ1n) is 30.7. The number of nitrogens with zero attached hydrogens (tertiary/aromatic N) is 7. The Morgan fingerprint density at radius 2 is 1.02 bits per heavy atom. The summed E-state index contributed by atoms with van der Waals surface area (Å²) >= 11 is 0. The van der Waals surface area contributed by atoms with Gasteiger partial charge in [0, 0.05) is 58.1 Å². The summed E-state index contributed by atoms with van der Waals surface area (Å²) in [6, 6.07) is -9.67. The number of carbonyl (C=O) groups excluding carboxylic acids is 12. The number of aromatic nitrogens is 1. The summed E-state index contributed by atoms with van der Waals surface area (Å²) in [5, 5.41) is 10.6. The number of fused-ring (bicyclic) bond motifs is 4. The number of anilines is 2. The van der Waals surface area contributed by atoms with E-state index in [0.717, 1.165) is 9.80 Å². The molecule has 0 unspecified atom stereocenters. The highest BCUT2D eigenvalue weighted by Gasteiger charge is 2.47. The maximum Gasteiger partial charge on any atom is 0.329 e. The first-order valence-corrected chi connectivity index (χ1v) is 30.7. The third kappa shape index (κ3) is 13.9. The molecule has 0 radical (unpaired) electrons. The van der Waals surface area contributed by atoms with Gasteiger partial charge in [-0.15, -0.1) is 0 Å². The molecule has 29 heteroatoms. The van der Waals surface area contributed by atoms with Gasteiger partial charge in [0.25, 0.3) is 11.8 Å². The Morgan fingerprint density at radius 3 is 1.43 bits per heavy atom. The molecule has 10 amide bonds. The monoisotopic (exact) mass is 1270 g/mol. The van der Waals surface area contributed by atoms with Crippen molar-refractivity contribution < 1.29 is 71.4 Å². The highest BCUT2D eigenvalue weighted by atomic mass is 16.6. The van der Waals surface area contributed by atoms with Crippen LogP contribution in [-0.2, 0) is 57.4 Å². The van der Waals surface area contributed by atoms with Crippen LogP contribution in [-0.4, -0.2) is 220 Å². The standard InChI is InChI=1S/C62H87N13O16/c1-26(2)42-59(85)74-21-17-19-36(74)57(83)70(13)24-38(76)72(15)48(28(5)6)61(87)89-32(11)44(55(81)66-42)68-53(79)34-23-35(63)30(9)51-46(34)65-47-40(41(64)50(78)31(10)52(47)91-51)54(80)69-45-33(12)90-62(88)49(29(7)8)73(16)39(77)25-71(14)58(84)37-20-18-22-75(37)60(86)43(27(3)4)67-56(45)82/h23,26-29,32-33,36-37,42-45,48-49H,17-22,24-25,63-64H2,1-16H3,(H,66,81)(H,67,82)(H,68,79)(H,69,80)/t32-,33-,36+,37+,42+,43+,44+,45+,48+,49+/m1/s1. The maximum atomic E-state index is 15.2. The molecule has 91 heavy (non-hydrogen) atoms. The molecule has 29 nitrogen and oxygen atoms in total. The predicted molar refractivity (Wildman–Crippen MR) is 330 cm³/mol. The molecule has 1 aromatic carbocycles. The molecule has 10 atom stereocenters. The van der Waals surface area contributed by atoms with Crippen LogP contribution in [0, 0.1) is 37.5 Å². The number of hydrogen-bond acceptors (Lipinski definition) is 19. The third-order valence-electron chi connectivity index (χ3n) is 17.7. The smallest absolute Gasteiger partial charge is 0.329 e. The summed E-state index contributed by atoms with van der Waals surface area (Å²) in [5.74, 6) is -12.7. The van der Waals surface area contributed by atoms with Gasteiger partial charge in [0.1, 0.15) is 71.8 Å². The summed E-state index contributed by atoms with van der Waals surface area (Å²) in [6.45, 7) is 18.1. The first kappa shape index (κ1) is 69.6. The molecule has 5 heterocycles. The Morgan fingerprint density at radius 1 is 0.604 bits per heavy atom. The fourth-order valence-electron chi connectivity index (χ4n) is 12.4. The Hall–Kier alpha value is -8.92. The van der Waals surface area contributed by atoms with Gasteiger partial charge in [0.2, 0.25) is 52.7 Å². The van der Waals surface area contributed by atoms with Gasteiger partial charge in [-0.25, -0.2) is 14.6 Å². The van der Waals surface area contributed by atoms with E-state index in [-0.39, 0.29) is 59.6 Å². The second-order valence-electron chi connectivity index (χ2n) is 25.8. The van der Waals surface area contributed by atoms with Crippen LogP contribution in [0.15, 0.2) is 15.3 Å². The lowest BCUT2D eigenvalue weighted by atomic mass is 9.98. The van der Waals surface area contributed by atoms with Gasteiger partial charge in [-0.2, -0.15) is 0 Å². The van der Waals surface area contributed by atoms with E-state index in [0.29, 0.717) is 12.8 Å². The van der Waals surface area contributed by atoms with Crippen molar-refractivity contribution in [1.82, 2.24) is 55.7 Å². The molecule has 0 saturated carbocycles. The summed E-state index contributed by atoms with van der Waals surface area (Å²) in [5.41, 5.74) is 9.45. The molecule has 6 aliphatic rings. The second kappa shape index (κ2) is 27.7. The predicted octanol–water partition coefficient (Wildman–Crippen LogP) is 0.308. The molecule has 7 rings (SSSR count). The number of hydrogen-bond donors (Lipinski definition) is 6. The Bertz CT molecular complexity index is 3470. The largest absolute Gasteiger partial charge is 0.458 e. The maximum absolute atomic E-state index is 15.2. The van der Waals surface area contributed by atoms with Gasteiger partial charge in [0.15, 0.2) is 11.3 Å². The van der Waals surface area contributed by atoms with Gasteiger partial charge >= 0.3 is 11.9 Å². The van der Waals surface area contributed by atoms with Gasteiger partial charge in [-0.1, -0.05) is 55.4 Å². The van der Waals surface area contributed by atoms with E-state index in [9.17, 15) is 52.7 Å². The average molecular weight is 1270 g/mol.